The monoisotopic (exact) mass is 434 g/mol. The molecule has 0 aliphatic carbocycles. The minimum atomic E-state index is -3.78. The van der Waals surface area contributed by atoms with Crippen LogP contribution in [0.1, 0.15) is 12.8 Å². The van der Waals surface area contributed by atoms with Crippen LogP contribution in [0.5, 0.6) is 0 Å². The SMILES string of the molecule is O=C(C1CCCN(S(=O)(=O)c2ccc(F)cc2Br)C1)N1CCOCC1. The van der Waals surface area contributed by atoms with Gasteiger partial charge in [-0.2, -0.15) is 4.31 Å². The molecule has 2 heterocycles. The van der Waals surface area contributed by atoms with Crippen LogP contribution in [0.15, 0.2) is 27.6 Å². The van der Waals surface area contributed by atoms with Gasteiger partial charge in [-0.3, -0.25) is 4.79 Å². The van der Waals surface area contributed by atoms with E-state index in [-0.39, 0.29) is 27.7 Å². The topological polar surface area (TPSA) is 66.9 Å². The van der Waals surface area contributed by atoms with Gasteiger partial charge in [0.05, 0.1) is 24.0 Å². The van der Waals surface area contributed by atoms with E-state index >= 15 is 0 Å². The number of halogens is 2. The summed E-state index contributed by atoms with van der Waals surface area (Å²) >= 11 is 3.12. The molecule has 9 heteroatoms. The average Bonchev–Trinajstić information content (AvgIpc) is 2.61. The molecule has 0 spiro atoms. The van der Waals surface area contributed by atoms with Crippen molar-refractivity contribution in [2.75, 3.05) is 39.4 Å². The summed E-state index contributed by atoms with van der Waals surface area (Å²) < 4.78 is 45.8. The molecule has 0 N–H and O–H groups in total. The molecule has 1 aromatic carbocycles. The van der Waals surface area contributed by atoms with Gasteiger partial charge in [-0.1, -0.05) is 0 Å². The maximum absolute atomic E-state index is 13.3. The van der Waals surface area contributed by atoms with Gasteiger partial charge in [-0.25, -0.2) is 12.8 Å². The highest BCUT2D eigenvalue weighted by Gasteiger charge is 2.36. The smallest absolute Gasteiger partial charge is 0.244 e. The van der Waals surface area contributed by atoms with E-state index in [2.05, 4.69) is 15.9 Å². The second kappa shape index (κ2) is 7.69. The lowest BCUT2D eigenvalue weighted by molar-refractivity contribution is -0.140. The van der Waals surface area contributed by atoms with Crippen LogP contribution in [0, 0.1) is 11.7 Å². The Labute approximate surface area is 155 Å². The van der Waals surface area contributed by atoms with Gasteiger partial charge in [0.1, 0.15) is 5.82 Å². The van der Waals surface area contributed by atoms with Gasteiger partial charge in [0.2, 0.25) is 15.9 Å². The molecule has 138 valence electrons. The van der Waals surface area contributed by atoms with E-state index in [1.807, 2.05) is 0 Å². The first-order valence-electron chi connectivity index (χ1n) is 8.21. The summed E-state index contributed by atoms with van der Waals surface area (Å²) in [5, 5.41) is 0. The number of carbonyl (C=O) groups excluding carboxylic acids is 1. The number of morpholine rings is 1. The fourth-order valence-corrected chi connectivity index (χ4v) is 5.76. The standard InChI is InChI=1S/C16H20BrFN2O4S/c17-14-10-13(18)3-4-15(14)25(22,23)20-5-1-2-12(11-20)16(21)19-6-8-24-9-7-19/h3-4,10,12H,1-2,5-9,11H2. The van der Waals surface area contributed by atoms with Crippen LogP contribution in [0.2, 0.25) is 0 Å². The number of rotatable bonds is 3. The van der Waals surface area contributed by atoms with E-state index in [1.165, 1.54) is 10.4 Å². The summed E-state index contributed by atoms with van der Waals surface area (Å²) in [6, 6.07) is 3.51. The van der Waals surface area contributed by atoms with E-state index in [0.29, 0.717) is 45.7 Å². The second-order valence-electron chi connectivity index (χ2n) is 6.21. The van der Waals surface area contributed by atoms with Crippen molar-refractivity contribution in [2.45, 2.75) is 17.7 Å². The predicted molar refractivity (Wildman–Crippen MR) is 93.0 cm³/mol. The minimum Gasteiger partial charge on any atom is -0.378 e. The quantitative estimate of drug-likeness (QED) is 0.727. The van der Waals surface area contributed by atoms with Crippen LogP contribution in [-0.2, 0) is 19.6 Å². The fourth-order valence-electron chi connectivity index (χ4n) is 3.23. The number of sulfonamides is 1. The Kier molecular flexibility index (Phi) is 5.77. The molecule has 1 atom stereocenters. The van der Waals surface area contributed by atoms with Crippen molar-refractivity contribution in [2.24, 2.45) is 5.92 Å². The fraction of sp³-hybridized carbons (Fsp3) is 0.562. The molecule has 1 amide bonds. The number of hydrogen-bond donors (Lipinski definition) is 0. The van der Waals surface area contributed by atoms with Crippen molar-refractivity contribution in [3.8, 4) is 0 Å². The Hall–Kier alpha value is -1.03. The Morgan fingerprint density at radius 1 is 1.24 bits per heavy atom. The third-order valence-electron chi connectivity index (χ3n) is 4.57. The lowest BCUT2D eigenvalue weighted by atomic mass is 9.98. The summed E-state index contributed by atoms with van der Waals surface area (Å²) in [6.45, 7) is 2.64. The minimum absolute atomic E-state index is 0.0126. The molecular formula is C16H20BrFN2O4S. The Balaban J connectivity index is 1.77. The molecule has 2 aliphatic heterocycles. The highest BCUT2D eigenvalue weighted by atomic mass is 79.9. The van der Waals surface area contributed by atoms with Gasteiger partial charge in [0, 0.05) is 30.7 Å². The van der Waals surface area contributed by atoms with E-state index < -0.39 is 15.8 Å². The molecule has 0 aromatic heterocycles. The Morgan fingerprint density at radius 2 is 1.96 bits per heavy atom. The van der Waals surface area contributed by atoms with Crippen LogP contribution in [0.3, 0.4) is 0 Å². The zero-order chi connectivity index (χ0) is 18.0. The molecule has 6 nitrogen and oxygen atoms in total. The number of piperidine rings is 1. The van der Waals surface area contributed by atoms with Crippen LogP contribution in [0.4, 0.5) is 4.39 Å². The Bertz CT molecular complexity index is 753. The number of amides is 1. The van der Waals surface area contributed by atoms with Gasteiger partial charge in [0.25, 0.3) is 0 Å². The normalized spacial score (nSPS) is 22.8. The van der Waals surface area contributed by atoms with Gasteiger partial charge in [-0.05, 0) is 47.0 Å². The molecule has 1 aromatic rings. The first-order valence-corrected chi connectivity index (χ1v) is 10.4. The number of carbonyl (C=O) groups is 1. The van der Waals surface area contributed by atoms with Crippen LogP contribution in [-0.4, -0.2) is 62.9 Å². The first kappa shape index (κ1) is 18.8. The van der Waals surface area contributed by atoms with Crippen molar-refractivity contribution in [1.82, 2.24) is 9.21 Å². The zero-order valence-corrected chi connectivity index (χ0v) is 16.1. The molecular weight excluding hydrogens is 415 g/mol. The highest BCUT2D eigenvalue weighted by Crippen LogP contribution is 2.29. The van der Waals surface area contributed by atoms with E-state index in [9.17, 15) is 17.6 Å². The molecule has 0 saturated carbocycles. The Morgan fingerprint density at radius 3 is 2.64 bits per heavy atom. The third-order valence-corrected chi connectivity index (χ3v) is 7.41. The highest BCUT2D eigenvalue weighted by molar-refractivity contribution is 9.10. The molecule has 0 radical (unpaired) electrons. The predicted octanol–water partition coefficient (Wildman–Crippen LogP) is 1.85. The van der Waals surface area contributed by atoms with Gasteiger partial charge in [-0.15, -0.1) is 0 Å². The molecule has 2 saturated heterocycles. The third kappa shape index (κ3) is 4.05. The number of benzene rings is 1. The first-order chi connectivity index (χ1) is 11.9. The summed E-state index contributed by atoms with van der Waals surface area (Å²) in [4.78, 5) is 14.4. The summed E-state index contributed by atoms with van der Waals surface area (Å²) in [7, 11) is -3.78. The molecule has 3 rings (SSSR count). The van der Waals surface area contributed by atoms with E-state index in [1.54, 1.807) is 4.90 Å². The number of hydrogen-bond acceptors (Lipinski definition) is 4. The maximum atomic E-state index is 13.3. The van der Waals surface area contributed by atoms with Crippen molar-refractivity contribution in [3.63, 3.8) is 0 Å². The average molecular weight is 435 g/mol. The lowest BCUT2D eigenvalue weighted by Gasteiger charge is -2.35. The van der Waals surface area contributed by atoms with E-state index in [0.717, 1.165) is 12.1 Å². The molecule has 2 fully saturated rings. The van der Waals surface area contributed by atoms with Crippen molar-refractivity contribution < 1.29 is 22.3 Å². The molecule has 25 heavy (non-hydrogen) atoms. The summed E-state index contributed by atoms with van der Waals surface area (Å²) in [5.41, 5.74) is 0. The maximum Gasteiger partial charge on any atom is 0.244 e. The van der Waals surface area contributed by atoms with Gasteiger partial charge >= 0.3 is 0 Å². The lowest BCUT2D eigenvalue weighted by Crippen LogP contribution is -2.49. The molecule has 0 bridgehead atoms. The second-order valence-corrected chi connectivity index (χ2v) is 8.98. The van der Waals surface area contributed by atoms with Gasteiger partial charge in [0.15, 0.2) is 0 Å². The molecule has 2 aliphatic rings. The largest absolute Gasteiger partial charge is 0.378 e. The van der Waals surface area contributed by atoms with Crippen molar-refractivity contribution >= 4 is 31.9 Å². The van der Waals surface area contributed by atoms with Gasteiger partial charge < -0.3 is 9.64 Å². The van der Waals surface area contributed by atoms with Crippen molar-refractivity contribution in [3.05, 3.63) is 28.5 Å². The summed E-state index contributed by atoms with van der Waals surface area (Å²) in [5.74, 6) is -0.868. The van der Waals surface area contributed by atoms with E-state index in [4.69, 9.17) is 4.74 Å². The number of nitrogens with zero attached hydrogens (tertiary/aromatic N) is 2. The zero-order valence-electron chi connectivity index (χ0n) is 13.7. The number of ether oxygens (including phenoxy) is 1. The molecule has 1 unspecified atom stereocenters. The van der Waals surface area contributed by atoms with Crippen molar-refractivity contribution in [1.29, 1.82) is 0 Å². The van der Waals surface area contributed by atoms with Crippen LogP contribution in [0.25, 0.3) is 0 Å². The summed E-state index contributed by atoms with van der Waals surface area (Å²) in [6.07, 6.45) is 1.30. The van der Waals surface area contributed by atoms with Crippen LogP contribution >= 0.6 is 15.9 Å². The van der Waals surface area contributed by atoms with Crippen LogP contribution < -0.4 is 0 Å².